The molecule has 0 aromatic rings. The summed E-state index contributed by atoms with van der Waals surface area (Å²) in [5.74, 6) is 0.488. The second-order valence-corrected chi connectivity index (χ2v) is 5.05. The van der Waals surface area contributed by atoms with Crippen LogP contribution in [-0.4, -0.2) is 29.2 Å². The van der Waals surface area contributed by atoms with Crippen molar-refractivity contribution in [2.45, 2.75) is 38.5 Å². The molecule has 2 N–H and O–H groups in total. The van der Waals surface area contributed by atoms with Crippen LogP contribution in [0.3, 0.4) is 0 Å². The predicted octanol–water partition coefficient (Wildman–Crippen LogP) is 1.13. The van der Waals surface area contributed by atoms with E-state index in [4.69, 9.17) is 5.11 Å². The molecular formula is C12H20O3. The van der Waals surface area contributed by atoms with Gasteiger partial charge in [0.2, 0.25) is 0 Å². The molecule has 2 aliphatic rings. The predicted molar refractivity (Wildman–Crippen MR) is 56.3 cm³/mol. The zero-order valence-corrected chi connectivity index (χ0v) is 9.11. The number of hydrogen-bond donors (Lipinski definition) is 2. The average Bonchev–Trinajstić information content (AvgIpc) is 2.81. The normalized spacial score (nSPS) is 34.1. The zero-order valence-electron chi connectivity index (χ0n) is 9.11. The first kappa shape index (κ1) is 11.1. The lowest BCUT2D eigenvalue weighted by molar-refractivity contribution is -0.130. The van der Waals surface area contributed by atoms with E-state index in [9.17, 15) is 9.90 Å². The molecule has 2 atom stereocenters. The molecule has 0 radical (unpaired) electrons. The van der Waals surface area contributed by atoms with Gasteiger partial charge in [0, 0.05) is 24.5 Å². The van der Waals surface area contributed by atoms with Crippen LogP contribution in [0, 0.1) is 17.3 Å². The molecule has 2 saturated carbocycles. The summed E-state index contributed by atoms with van der Waals surface area (Å²) in [6.07, 6.45) is 5.52. The average molecular weight is 212 g/mol. The molecule has 1 unspecified atom stereocenters. The summed E-state index contributed by atoms with van der Waals surface area (Å²) in [5.41, 5.74) is -0.214. The second kappa shape index (κ2) is 4.22. The fraction of sp³-hybridized carbons (Fsp3) is 0.917. The van der Waals surface area contributed by atoms with Gasteiger partial charge in [-0.15, -0.1) is 0 Å². The van der Waals surface area contributed by atoms with Gasteiger partial charge in [-0.25, -0.2) is 0 Å². The van der Waals surface area contributed by atoms with Crippen molar-refractivity contribution in [3.8, 4) is 0 Å². The summed E-state index contributed by atoms with van der Waals surface area (Å²) in [7, 11) is 0. The van der Waals surface area contributed by atoms with Crippen LogP contribution in [0.2, 0.25) is 0 Å². The summed E-state index contributed by atoms with van der Waals surface area (Å²) in [6.45, 7) is 0.221. The first-order valence-corrected chi connectivity index (χ1v) is 6.00. The number of aliphatic hydroxyl groups excluding tert-OH is 2. The maximum atomic E-state index is 12.3. The lowest BCUT2D eigenvalue weighted by atomic mass is 9.75. The molecule has 0 bridgehead atoms. The van der Waals surface area contributed by atoms with E-state index in [1.54, 1.807) is 0 Å². The maximum absolute atomic E-state index is 12.3. The molecule has 0 saturated heterocycles. The Hall–Kier alpha value is -0.410. The van der Waals surface area contributed by atoms with E-state index >= 15 is 0 Å². The fourth-order valence-corrected chi connectivity index (χ4v) is 3.60. The third-order valence-corrected chi connectivity index (χ3v) is 4.41. The molecule has 2 rings (SSSR count). The lowest BCUT2D eigenvalue weighted by Gasteiger charge is -2.27. The van der Waals surface area contributed by atoms with Crippen LogP contribution in [0.25, 0.3) is 0 Å². The van der Waals surface area contributed by atoms with Crippen LogP contribution < -0.4 is 0 Å². The van der Waals surface area contributed by atoms with Gasteiger partial charge in [0.25, 0.3) is 0 Å². The van der Waals surface area contributed by atoms with E-state index in [-0.39, 0.29) is 30.5 Å². The number of hydrogen-bond acceptors (Lipinski definition) is 3. The van der Waals surface area contributed by atoms with Crippen molar-refractivity contribution >= 4 is 5.78 Å². The van der Waals surface area contributed by atoms with Gasteiger partial charge >= 0.3 is 0 Å². The summed E-state index contributed by atoms with van der Waals surface area (Å²) in [4.78, 5) is 12.3. The standard InChI is InChI=1S/C12H20O3/c13-6-3-9-7-10(8-14)12(11(9)15)4-1-2-5-12/h9-10,13-14H,1-8H2/t9?,10-/m1/s1. The third-order valence-electron chi connectivity index (χ3n) is 4.41. The Labute approximate surface area is 90.5 Å². The topological polar surface area (TPSA) is 57.5 Å². The summed E-state index contributed by atoms with van der Waals surface area (Å²) in [5, 5.41) is 18.3. The maximum Gasteiger partial charge on any atom is 0.142 e. The molecule has 2 aliphatic carbocycles. The Morgan fingerprint density at radius 1 is 1.27 bits per heavy atom. The van der Waals surface area contributed by atoms with Crippen molar-refractivity contribution in [2.75, 3.05) is 13.2 Å². The van der Waals surface area contributed by atoms with E-state index in [1.165, 1.54) is 0 Å². The van der Waals surface area contributed by atoms with Crippen LogP contribution in [0.4, 0.5) is 0 Å². The summed E-state index contributed by atoms with van der Waals surface area (Å²) in [6, 6.07) is 0. The van der Waals surface area contributed by atoms with Crippen LogP contribution in [0.5, 0.6) is 0 Å². The Kier molecular flexibility index (Phi) is 3.12. The molecule has 15 heavy (non-hydrogen) atoms. The molecule has 2 fully saturated rings. The highest BCUT2D eigenvalue weighted by Crippen LogP contribution is 2.54. The Morgan fingerprint density at radius 2 is 1.93 bits per heavy atom. The molecule has 0 heterocycles. The van der Waals surface area contributed by atoms with Gasteiger partial charge in [0.1, 0.15) is 5.78 Å². The first-order valence-electron chi connectivity index (χ1n) is 6.00. The number of rotatable bonds is 3. The van der Waals surface area contributed by atoms with Gasteiger partial charge in [0.05, 0.1) is 0 Å². The highest BCUT2D eigenvalue weighted by atomic mass is 16.3. The second-order valence-electron chi connectivity index (χ2n) is 5.05. The number of carbonyl (C=O) groups excluding carboxylic acids is 1. The Bertz CT molecular complexity index is 243. The van der Waals surface area contributed by atoms with Crippen LogP contribution in [-0.2, 0) is 4.79 Å². The zero-order chi connectivity index (χ0) is 10.9. The summed E-state index contributed by atoms with van der Waals surface area (Å²) < 4.78 is 0. The van der Waals surface area contributed by atoms with Crippen molar-refractivity contribution in [3.63, 3.8) is 0 Å². The molecule has 0 aromatic heterocycles. The van der Waals surface area contributed by atoms with Gasteiger partial charge in [-0.2, -0.15) is 0 Å². The van der Waals surface area contributed by atoms with Crippen LogP contribution >= 0.6 is 0 Å². The number of ketones is 1. The first-order chi connectivity index (χ1) is 7.24. The number of carbonyl (C=O) groups is 1. The molecule has 86 valence electrons. The van der Waals surface area contributed by atoms with Crippen molar-refractivity contribution in [3.05, 3.63) is 0 Å². The molecular weight excluding hydrogens is 192 g/mol. The summed E-state index contributed by atoms with van der Waals surface area (Å²) >= 11 is 0. The molecule has 1 spiro atoms. The minimum absolute atomic E-state index is 0.00486. The van der Waals surface area contributed by atoms with Crippen molar-refractivity contribution in [1.82, 2.24) is 0 Å². The van der Waals surface area contributed by atoms with Crippen LogP contribution in [0.15, 0.2) is 0 Å². The Balaban J connectivity index is 2.17. The van der Waals surface area contributed by atoms with Gasteiger partial charge in [-0.1, -0.05) is 12.8 Å². The lowest BCUT2D eigenvalue weighted by Crippen LogP contribution is -2.32. The van der Waals surface area contributed by atoms with Crippen LogP contribution in [0.1, 0.15) is 38.5 Å². The van der Waals surface area contributed by atoms with Gasteiger partial charge in [-0.3, -0.25) is 4.79 Å². The highest BCUT2D eigenvalue weighted by molar-refractivity contribution is 5.89. The van der Waals surface area contributed by atoms with Gasteiger partial charge in [-0.05, 0) is 31.6 Å². The fourth-order valence-electron chi connectivity index (χ4n) is 3.60. The molecule has 0 amide bonds. The van der Waals surface area contributed by atoms with E-state index in [1.807, 2.05) is 0 Å². The minimum atomic E-state index is -0.214. The number of aliphatic hydroxyl groups is 2. The van der Waals surface area contributed by atoms with Crippen molar-refractivity contribution in [2.24, 2.45) is 17.3 Å². The van der Waals surface area contributed by atoms with E-state index < -0.39 is 0 Å². The SMILES string of the molecule is O=C1C(CCO)C[C@H](CO)C12CCCC2. The third kappa shape index (κ3) is 1.62. The molecule has 3 heteroatoms. The smallest absolute Gasteiger partial charge is 0.142 e. The van der Waals surface area contributed by atoms with Gasteiger partial charge < -0.3 is 10.2 Å². The Morgan fingerprint density at radius 3 is 2.47 bits per heavy atom. The largest absolute Gasteiger partial charge is 0.396 e. The van der Waals surface area contributed by atoms with E-state index in [0.717, 1.165) is 32.1 Å². The molecule has 0 aromatic carbocycles. The quantitative estimate of drug-likeness (QED) is 0.737. The monoisotopic (exact) mass is 212 g/mol. The molecule has 0 aliphatic heterocycles. The van der Waals surface area contributed by atoms with Crippen molar-refractivity contribution in [1.29, 1.82) is 0 Å². The number of Topliss-reactive ketones (excluding diaryl/α,β-unsaturated/α-hetero) is 1. The van der Waals surface area contributed by atoms with E-state index in [2.05, 4.69) is 0 Å². The highest BCUT2D eigenvalue weighted by Gasteiger charge is 2.54. The van der Waals surface area contributed by atoms with E-state index in [0.29, 0.717) is 12.2 Å². The van der Waals surface area contributed by atoms with Gasteiger partial charge in [0.15, 0.2) is 0 Å². The molecule has 3 nitrogen and oxygen atoms in total. The minimum Gasteiger partial charge on any atom is -0.396 e. The van der Waals surface area contributed by atoms with Crippen molar-refractivity contribution < 1.29 is 15.0 Å².